The van der Waals surface area contributed by atoms with Crippen molar-refractivity contribution >= 4 is 11.7 Å². The lowest BCUT2D eigenvalue weighted by Crippen LogP contribution is -2.40. The fourth-order valence-electron chi connectivity index (χ4n) is 3.70. The molecule has 2 aromatic heterocycles. The van der Waals surface area contributed by atoms with E-state index in [4.69, 9.17) is 5.73 Å². The normalized spacial score (nSPS) is 15.7. The van der Waals surface area contributed by atoms with Crippen LogP contribution < -0.4 is 5.73 Å². The van der Waals surface area contributed by atoms with Crippen LogP contribution in [0.5, 0.6) is 0 Å². The number of piperidine rings is 1. The molecule has 0 saturated carbocycles. The second-order valence-electron chi connectivity index (χ2n) is 7.48. The number of aromatic nitrogens is 5. The number of likely N-dealkylation sites (tertiary alicyclic amines) is 1. The van der Waals surface area contributed by atoms with Gasteiger partial charge in [-0.3, -0.25) is 4.79 Å². The van der Waals surface area contributed by atoms with Crippen molar-refractivity contribution in [2.45, 2.75) is 52.2 Å². The van der Waals surface area contributed by atoms with Crippen LogP contribution in [0, 0.1) is 6.92 Å². The predicted molar refractivity (Wildman–Crippen MR) is 103 cm³/mol. The Hall–Kier alpha value is -2.42. The van der Waals surface area contributed by atoms with E-state index in [0.29, 0.717) is 11.7 Å². The minimum absolute atomic E-state index is 0.0634. The van der Waals surface area contributed by atoms with E-state index in [1.165, 1.54) is 0 Å². The van der Waals surface area contributed by atoms with Crippen molar-refractivity contribution in [3.63, 3.8) is 0 Å². The first kappa shape index (κ1) is 19.3. The Balaban J connectivity index is 1.61. The van der Waals surface area contributed by atoms with Crippen molar-refractivity contribution in [3.05, 3.63) is 23.4 Å². The molecule has 2 N–H and O–H groups in total. The van der Waals surface area contributed by atoms with Gasteiger partial charge in [0.05, 0.1) is 12.2 Å². The maximum Gasteiger partial charge on any atom is 0.244 e. The first-order valence-electron chi connectivity index (χ1n) is 9.53. The molecule has 9 heteroatoms. The number of nitrogens with zero attached hydrogens (tertiary/aromatic N) is 7. The number of nitrogens with two attached hydrogens (primary N) is 1. The highest BCUT2D eigenvalue weighted by Crippen LogP contribution is 2.27. The Morgan fingerprint density at radius 2 is 2.00 bits per heavy atom. The summed E-state index contributed by atoms with van der Waals surface area (Å²) in [7, 11) is 4.07. The fourth-order valence-corrected chi connectivity index (χ4v) is 3.70. The summed E-state index contributed by atoms with van der Waals surface area (Å²) in [4.78, 5) is 16.6. The molecule has 0 spiro atoms. The van der Waals surface area contributed by atoms with Gasteiger partial charge in [0.25, 0.3) is 0 Å². The standard InChI is InChI=1S/C18H30N8O/c1-5-25-16(11-23(3)4)20-21-18(25)14-6-8-24(9-7-14)17(27)12-26-15(19)10-13(2)22-26/h10,14H,5-9,11-12,19H2,1-4H3. The largest absolute Gasteiger partial charge is 0.384 e. The van der Waals surface area contributed by atoms with Gasteiger partial charge in [-0.1, -0.05) is 0 Å². The second kappa shape index (κ2) is 8.08. The van der Waals surface area contributed by atoms with Crippen molar-refractivity contribution in [1.29, 1.82) is 0 Å². The number of carbonyl (C=O) groups excluding carboxylic acids is 1. The number of rotatable bonds is 6. The molecule has 1 fully saturated rings. The quantitative estimate of drug-likeness (QED) is 0.805. The monoisotopic (exact) mass is 374 g/mol. The van der Waals surface area contributed by atoms with Gasteiger partial charge in [0.15, 0.2) is 0 Å². The molecule has 1 saturated heterocycles. The van der Waals surface area contributed by atoms with Crippen molar-refractivity contribution in [2.24, 2.45) is 0 Å². The Kier molecular flexibility index (Phi) is 5.79. The van der Waals surface area contributed by atoms with E-state index >= 15 is 0 Å². The first-order chi connectivity index (χ1) is 12.9. The Morgan fingerprint density at radius 3 is 2.56 bits per heavy atom. The molecule has 0 aromatic carbocycles. The number of anilines is 1. The van der Waals surface area contributed by atoms with Crippen LogP contribution in [0.15, 0.2) is 6.07 Å². The maximum atomic E-state index is 12.6. The minimum Gasteiger partial charge on any atom is -0.384 e. The number of nitrogen functional groups attached to an aromatic ring is 1. The summed E-state index contributed by atoms with van der Waals surface area (Å²) in [6.45, 7) is 7.29. The molecule has 9 nitrogen and oxygen atoms in total. The molecule has 0 bridgehead atoms. The minimum atomic E-state index is 0.0634. The van der Waals surface area contributed by atoms with E-state index in [1.54, 1.807) is 10.7 Å². The first-order valence-corrected chi connectivity index (χ1v) is 9.53. The van der Waals surface area contributed by atoms with E-state index in [0.717, 1.165) is 56.4 Å². The highest BCUT2D eigenvalue weighted by molar-refractivity contribution is 5.76. The molecule has 3 rings (SSSR count). The van der Waals surface area contributed by atoms with Gasteiger partial charge in [-0.15, -0.1) is 10.2 Å². The Bertz CT molecular complexity index is 785. The lowest BCUT2D eigenvalue weighted by molar-refractivity contribution is -0.133. The molecule has 1 aliphatic rings. The van der Waals surface area contributed by atoms with Gasteiger partial charge in [-0.2, -0.15) is 5.10 Å². The van der Waals surface area contributed by atoms with Crippen LogP contribution in [0.25, 0.3) is 0 Å². The summed E-state index contributed by atoms with van der Waals surface area (Å²) in [5.41, 5.74) is 6.72. The summed E-state index contributed by atoms with van der Waals surface area (Å²) < 4.78 is 3.79. The third-order valence-corrected chi connectivity index (χ3v) is 5.06. The average molecular weight is 374 g/mol. The van der Waals surface area contributed by atoms with Crippen LogP contribution in [0.4, 0.5) is 5.82 Å². The van der Waals surface area contributed by atoms with E-state index in [-0.39, 0.29) is 12.5 Å². The Labute approximate surface area is 160 Å². The van der Waals surface area contributed by atoms with Gasteiger partial charge >= 0.3 is 0 Å². The van der Waals surface area contributed by atoms with Crippen molar-refractivity contribution in [2.75, 3.05) is 32.9 Å². The average Bonchev–Trinajstić information content (AvgIpc) is 3.16. The lowest BCUT2D eigenvalue weighted by Gasteiger charge is -2.31. The fraction of sp³-hybridized carbons (Fsp3) is 0.667. The second-order valence-corrected chi connectivity index (χ2v) is 7.48. The zero-order valence-electron chi connectivity index (χ0n) is 16.7. The van der Waals surface area contributed by atoms with Crippen LogP contribution in [-0.2, 0) is 24.4 Å². The molecule has 0 radical (unpaired) electrons. The molecule has 3 heterocycles. The summed E-state index contributed by atoms with van der Waals surface area (Å²) in [5, 5.41) is 13.1. The van der Waals surface area contributed by atoms with Gasteiger partial charge in [0.1, 0.15) is 24.0 Å². The predicted octanol–water partition coefficient (Wildman–Crippen LogP) is 0.853. The maximum absolute atomic E-state index is 12.6. The van der Waals surface area contributed by atoms with Crippen LogP contribution in [0.2, 0.25) is 0 Å². The molecule has 0 atom stereocenters. The number of hydrogen-bond donors (Lipinski definition) is 1. The van der Waals surface area contributed by atoms with Gasteiger partial charge in [-0.05, 0) is 40.8 Å². The number of hydrogen-bond acceptors (Lipinski definition) is 6. The topological polar surface area (TPSA) is 98.1 Å². The number of aryl methyl sites for hydroxylation is 1. The Morgan fingerprint density at radius 1 is 1.30 bits per heavy atom. The van der Waals surface area contributed by atoms with E-state index in [2.05, 4.69) is 31.7 Å². The summed E-state index contributed by atoms with van der Waals surface area (Å²) >= 11 is 0. The van der Waals surface area contributed by atoms with Crippen molar-refractivity contribution < 1.29 is 4.79 Å². The summed E-state index contributed by atoms with van der Waals surface area (Å²) in [6.07, 6.45) is 1.80. The lowest BCUT2D eigenvalue weighted by atomic mass is 9.95. The molecular formula is C18H30N8O. The zero-order chi connectivity index (χ0) is 19.6. The van der Waals surface area contributed by atoms with Crippen molar-refractivity contribution in [1.82, 2.24) is 34.3 Å². The van der Waals surface area contributed by atoms with Gasteiger partial charge in [0, 0.05) is 31.6 Å². The molecule has 1 amide bonds. The van der Waals surface area contributed by atoms with Crippen LogP contribution in [0.1, 0.15) is 43.0 Å². The summed E-state index contributed by atoms with van der Waals surface area (Å²) in [6, 6.07) is 1.78. The molecule has 148 valence electrons. The molecule has 27 heavy (non-hydrogen) atoms. The van der Waals surface area contributed by atoms with Crippen LogP contribution in [-0.4, -0.2) is 67.4 Å². The van der Waals surface area contributed by atoms with Gasteiger partial charge in [-0.25, -0.2) is 4.68 Å². The van der Waals surface area contributed by atoms with E-state index in [1.807, 2.05) is 25.9 Å². The molecule has 1 aliphatic heterocycles. The highest BCUT2D eigenvalue weighted by atomic mass is 16.2. The zero-order valence-corrected chi connectivity index (χ0v) is 16.7. The molecular weight excluding hydrogens is 344 g/mol. The van der Waals surface area contributed by atoms with Crippen LogP contribution >= 0.6 is 0 Å². The SMILES string of the molecule is CCn1c(CN(C)C)nnc1C1CCN(C(=O)Cn2nc(C)cc2N)CC1. The smallest absolute Gasteiger partial charge is 0.244 e. The third-order valence-electron chi connectivity index (χ3n) is 5.06. The third kappa shape index (κ3) is 4.29. The molecule has 0 aliphatic carbocycles. The number of amides is 1. The summed E-state index contributed by atoms with van der Waals surface area (Å²) in [5.74, 6) is 2.98. The van der Waals surface area contributed by atoms with E-state index < -0.39 is 0 Å². The van der Waals surface area contributed by atoms with Gasteiger partial charge < -0.3 is 20.1 Å². The molecule has 2 aromatic rings. The molecule has 0 unspecified atom stereocenters. The van der Waals surface area contributed by atoms with Gasteiger partial charge in [0.2, 0.25) is 5.91 Å². The van der Waals surface area contributed by atoms with E-state index in [9.17, 15) is 4.79 Å². The highest BCUT2D eigenvalue weighted by Gasteiger charge is 2.28. The van der Waals surface area contributed by atoms with Crippen molar-refractivity contribution in [3.8, 4) is 0 Å². The van der Waals surface area contributed by atoms with Crippen LogP contribution in [0.3, 0.4) is 0 Å². The number of carbonyl (C=O) groups is 1.